The van der Waals surface area contributed by atoms with Crippen LogP contribution in [0.3, 0.4) is 0 Å². The predicted molar refractivity (Wildman–Crippen MR) is 108 cm³/mol. The maximum absolute atomic E-state index is 12.2. The van der Waals surface area contributed by atoms with Crippen molar-refractivity contribution in [1.82, 2.24) is 20.3 Å². The Morgan fingerprint density at radius 3 is 2.44 bits per heavy atom. The lowest BCUT2D eigenvalue weighted by molar-refractivity contribution is 0.0950. The number of halogens is 4. The molecule has 0 saturated carbocycles. The number of carbonyl (C=O) groups is 1. The minimum atomic E-state index is -0.287. The summed E-state index contributed by atoms with van der Waals surface area (Å²) in [4.78, 5) is 12.2. The first-order valence-corrected chi connectivity index (χ1v) is 9.49. The first-order valence-electron chi connectivity index (χ1n) is 7.98. The van der Waals surface area contributed by atoms with E-state index in [-0.39, 0.29) is 12.5 Å². The molecule has 1 amide bonds. The van der Waals surface area contributed by atoms with E-state index in [0.717, 1.165) is 12.0 Å². The van der Waals surface area contributed by atoms with E-state index < -0.39 is 0 Å². The largest absolute Gasteiger partial charge is 0.346 e. The van der Waals surface area contributed by atoms with E-state index >= 15 is 0 Å². The molecule has 27 heavy (non-hydrogen) atoms. The van der Waals surface area contributed by atoms with Crippen molar-refractivity contribution >= 4 is 52.3 Å². The lowest BCUT2D eigenvalue weighted by atomic mass is 10.1. The van der Waals surface area contributed by atoms with Crippen molar-refractivity contribution in [2.24, 2.45) is 0 Å². The molecule has 0 bridgehead atoms. The number of amides is 1. The Bertz CT molecular complexity index is 953. The molecule has 3 rings (SSSR count). The molecule has 0 unspecified atom stereocenters. The van der Waals surface area contributed by atoms with Crippen LogP contribution in [0.1, 0.15) is 21.6 Å². The van der Waals surface area contributed by atoms with Gasteiger partial charge in [0, 0.05) is 22.2 Å². The Labute approximate surface area is 176 Å². The highest BCUT2D eigenvalue weighted by atomic mass is 35.5. The highest BCUT2D eigenvalue weighted by Crippen LogP contribution is 2.23. The van der Waals surface area contributed by atoms with Crippen molar-refractivity contribution in [1.29, 1.82) is 0 Å². The molecule has 1 N–H and O–H groups in total. The fourth-order valence-electron chi connectivity index (χ4n) is 2.43. The van der Waals surface area contributed by atoms with E-state index in [1.807, 2.05) is 12.1 Å². The summed E-state index contributed by atoms with van der Waals surface area (Å²) in [5, 5.41) is 12.8. The van der Waals surface area contributed by atoms with Gasteiger partial charge < -0.3 is 5.32 Å². The van der Waals surface area contributed by atoms with Gasteiger partial charge >= 0.3 is 0 Å². The average molecular weight is 444 g/mol. The van der Waals surface area contributed by atoms with Crippen LogP contribution in [-0.2, 0) is 19.5 Å². The van der Waals surface area contributed by atoms with Crippen LogP contribution in [-0.4, -0.2) is 20.9 Å². The van der Waals surface area contributed by atoms with Crippen LogP contribution in [0.25, 0.3) is 0 Å². The van der Waals surface area contributed by atoms with Crippen molar-refractivity contribution < 1.29 is 4.79 Å². The number of aromatic nitrogens is 3. The topological polar surface area (TPSA) is 59.8 Å². The first kappa shape index (κ1) is 20.0. The molecule has 1 heterocycles. The standard InChI is InChI=1S/C18H14Cl4N4O/c19-13-6-12(7-14(20)8-13)18(27)23-9-15-10-26(25-24-15)4-3-11-1-2-16(21)17(22)5-11/h1-2,5-8,10H,3-4,9H2,(H,23,27). The Kier molecular flexibility index (Phi) is 6.60. The number of aryl methyl sites for hydroxylation is 2. The third-order valence-corrected chi connectivity index (χ3v) is 4.93. The summed E-state index contributed by atoms with van der Waals surface area (Å²) in [7, 11) is 0. The fourth-order valence-corrected chi connectivity index (χ4v) is 3.27. The van der Waals surface area contributed by atoms with E-state index in [4.69, 9.17) is 46.4 Å². The molecule has 1 aromatic heterocycles. The van der Waals surface area contributed by atoms with Gasteiger partial charge in [0.2, 0.25) is 0 Å². The van der Waals surface area contributed by atoms with Gasteiger partial charge in [-0.3, -0.25) is 9.48 Å². The Balaban J connectivity index is 1.54. The number of benzene rings is 2. The van der Waals surface area contributed by atoms with Gasteiger partial charge in [0.15, 0.2) is 0 Å². The molecule has 0 fully saturated rings. The van der Waals surface area contributed by atoms with Gasteiger partial charge in [0.1, 0.15) is 5.69 Å². The monoisotopic (exact) mass is 442 g/mol. The molecule has 0 aliphatic carbocycles. The second kappa shape index (κ2) is 8.93. The van der Waals surface area contributed by atoms with Gasteiger partial charge in [-0.2, -0.15) is 0 Å². The van der Waals surface area contributed by atoms with Crippen molar-refractivity contribution in [3.63, 3.8) is 0 Å². The molecule has 2 aromatic carbocycles. The lowest BCUT2D eigenvalue weighted by Gasteiger charge is -2.04. The Hall–Kier alpha value is -1.79. The zero-order valence-electron chi connectivity index (χ0n) is 13.9. The van der Waals surface area contributed by atoms with E-state index in [1.165, 1.54) is 0 Å². The van der Waals surface area contributed by atoms with Crippen molar-refractivity contribution in [3.05, 3.63) is 79.5 Å². The van der Waals surface area contributed by atoms with E-state index in [0.29, 0.717) is 37.9 Å². The molecule has 0 atom stereocenters. The molecule has 0 saturated heterocycles. The fraction of sp³-hybridized carbons (Fsp3) is 0.167. The second-order valence-corrected chi connectivity index (χ2v) is 7.50. The molecule has 0 aliphatic heterocycles. The molecular weight excluding hydrogens is 430 g/mol. The zero-order valence-corrected chi connectivity index (χ0v) is 16.9. The maximum Gasteiger partial charge on any atom is 0.251 e. The molecule has 9 heteroatoms. The van der Waals surface area contributed by atoms with Gasteiger partial charge in [0.05, 0.1) is 22.8 Å². The normalized spacial score (nSPS) is 10.8. The third kappa shape index (κ3) is 5.59. The van der Waals surface area contributed by atoms with Crippen LogP contribution >= 0.6 is 46.4 Å². The van der Waals surface area contributed by atoms with E-state index in [2.05, 4.69) is 15.6 Å². The summed E-state index contributed by atoms with van der Waals surface area (Å²) in [6.07, 6.45) is 2.51. The Morgan fingerprint density at radius 2 is 1.74 bits per heavy atom. The molecular formula is C18H14Cl4N4O. The van der Waals surface area contributed by atoms with Crippen molar-refractivity contribution in [2.75, 3.05) is 0 Å². The highest BCUT2D eigenvalue weighted by molar-refractivity contribution is 6.42. The predicted octanol–water partition coefficient (Wildman–Crippen LogP) is 5.06. The number of nitrogens with one attached hydrogen (secondary N) is 1. The quantitative estimate of drug-likeness (QED) is 0.578. The van der Waals surface area contributed by atoms with Gasteiger partial charge in [-0.05, 0) is 42.3 Å². The second-order valence-electron chi connectivity index (χ2n) is 5.81. The van der Waals surface area contributed by atoms with Crippen molar-refractivity contribution in [3.8, 4) is 0 Å². The molecule has 5 nitrogen and oxygen atoms in total. The molecule has 3 aromatic rings. The smallest absolute Gasteiger partial charge is 0.251 e. The van der Waals surface area contributed by atoms with Gasteiger partial charge in [-0.1, -0.05) is 57.7 Å². The van der Waals surface area contributed by atoms with Gasteiger partial charge in [-0.25, -0.2) is 0 Å². The molecule has 0 radical (unpaired) electrons. The minimum absolute atomic E-state index is 0.246. The van der Waals surface area contributed by atoms with Crippen LogP contribution in [0.5, 0.6) is 0 Å². The minimum Gasteiger partial charge on any atom is -0.346 e. The summed E-state index contributed by atoms with van der Waals surface area (Å²) >= 11 is 23.8. The SMILES string of the molecule is O=C(NCc1cn(CCc2ccc(Cl)c(Cl)c2)nn1)c1cc(Cl)cc(Cl)c1. The number of rotatable bonds is 6. The van der Waals surface area contributed by atoms with E-state index in [1.54, 1.807) is 35.1 Å². The van der Waals surface area contributed by atoms with Crippen LogP contribution < -0.4 is 5.32 Å². The lowest BCUT2D eigenvalue weighted by Crippen LogP contribution is -2.23. The summed E-state index contributed by atoms with van der Waals surface area (Å²) in [6.45, 7) is 0.874. The molecule has 0 aliphatic rings. The number of nitrogens with zero attached hydrogens (tertiary/aromatic N) is 3. The summed E-state index contributed by atoms with van der Waals surface area (Å²) in [6, 6.07) is 10.2. The summed E-state index contributed by atoms with van der Waals surface area (Å²) in [5.41, 5.74) is 2.08. The first-order chi connectivity index (χ1) is 12.9. The summed E-state index contributed by atoms with van der Waals surface area (Å²) < 4.78 is 1.71. The van der Waals surface area contributed by atoms with Crippen LogP contribution in [0.15, 0.2) is 42.6 Å². The van der Waals surface area contributed by atoms with Crippen LogP contribution in [0, 0.1) is 0 Å². The number of hydrogen-bond acceptors (Lipinski definition) is 3. The zero-order chi connectivity index (χ0) is 19.4. The van der Waals surface area contributed by atoms with Crippen LogP contribution in [0.2, 0.25) is 20.1 Å². The molecule has 140 valence electrons. The summed E-state index contributed by atoms with van der Waals surface area (Å²) in [5.74, 6) is -0.287. The Morgan fingerprint density at radius 1 is 1.00 bits per heavy atom. The molecule has 0 spiro atoms. The third-order valence-electron chi connectivity index (χ3n) is 3.75. The highest BCUT2D eigenvalue weighted by Gasteiger charge is 2.09. The average Bonchev–Trinajstić information content (AvgIpc) is 3.08. The van der Waals surface area contributed by atoms with Gasteiger partial charge in [-0.15, -0.1) is 5.10 Å². The van der Waals surface area contributed by atoms with Crippen molar-refractivity contribution in [2.45, 2.75) is 19.5 Å². The number of hydrogen-bond donors (Lipinski definition) is 1. The maximum atomic E-state index is 12.2. The van der Waals surface area contributed by atoms with Crippen LogP contribution in [0.4, 0.5) is 0 Å². The number of carbonyl (C=O) groups excluding carboxylic acids is 1. The van der Waals surface area contributed by atoms with E-state index in [9.17, 15) is 4.79 Å². The van der Waals surface area contributed by atoms with Gasteiger partial charge in [0.25, 0.3) is 5.91 Å².